The van der Waals surface area contributed by atoms with Crippen LogP contribution in [0.1, 0.15) is 53.2 Å². The topological polar surface area (TPSA) is 137 Å². The monoisotopic (exact) mass is 523 g/mol. The predicted octanol–water partition coefficient (Wildman–Crippen LogP) is 3.37. The van der Waals surface area contributed by atoms with Crippen LogP contribution in [0.3, 0.4) is 0 Å². The average molecular weight is 524 g/mol. The number of esters is 2. The lowest BCUT2D eigenvalue weighted by Crippen LogP contribution is -2.54. The second-order valence-corrected chi connectivity index (χ2v) is 9.08. The molecule has 10 nitrogen and oxygen atoms in total. The van der Waals surface area contributed by atoms with Gasteiger partial charge < -0.3 is 19.5 Å². The van der Waals surface area contributed by atoms with Crippen LogP contribution in [-0.4, -0.2) is 51.8 Å². The van der Waals surface area contributed by atoms with Crippen LogP contribution in [0, 0.1) is 0 Å². The Kier molecular flexibility index (Phi) is 7.40. The van der Waals surface area contributed by atoms with Gasteiger partial charge in [-0.25, -0.2) is 19.0 Å². The van der Waals surface area contributed by atoms with E-state index in [0.717, 1.165) is 20.0 Å². The number of hydrogen-bond donors (Lipinski definition) is 2. The Labute approximate surface area is 217 Å². The van der Waals surface area contributed by atoms with Gasteiger partial charge in [-0.2, -0.15) is 0 Å². The summed E-state index contributed by atoms with van der Waals surface area (Å²) in [4.78, 5) is 55.4. The number of benzene rings is 2. The van der Waals surface area contributed by atoms with Crippen molar-refractivity contribution in [1.29, 1.82) is 0 Å². The lowest BCUT2D eigenvalue weighted by atomic mass is 9.80. The van der Waals surface area contributed by atoms with Crippen molar-refractivity contribution in [2.75, 3.05) is 11.9 Å². The predicted molar refractivity (Wildman–Crippen MR) is 133 cm³/mol. The highest BCUT2D eigenvalue weighted by molar-refractivity contribution is 6.04. The van der Waals surface area contributed by atoms with Crippen molar-refractivity contribution in [1.82, 2.24) is 9.97 Å². The number of amides is 1. The molecule has 11 heteroatoms. The first-order chi connectivity index (χ1) is 18.0. The summed E-state index contributed by atoms with van der Waals surface area (Å²) in [5.74, 6) is -2.16. The zero-order valence-corrected chi connectivity index (χ0v) is 20.9. The van der Waals surface area contributed by atoms with Gasteiger partial charge >= 0.3 is 17.6 Å². The molecule has 1 aliphatic rings. The van der Waals surface area contributed by atoms with Crippen molar-refractivity contribution in [2.45, 2.75) is 44.2 Å². The number of hydrogen-bond acceptors (Lipinski definition) is 8. The van der Waals surface area contributed by atoms with Crippen LogP contribution in [0.15, 0.2) is 71.7 Å². The van der Waals surface area contributed by atoms with Crippen LogP contribution in [0.25, 0.3) is 0 Å². The van der Waals surface area contributed by atoms with Crippen LogP contribution >= 0.6 is 0 Å². The third-order valence-electron chi connectivity index (χ3n) is 6.51. The molecule has 1 aromatic heterocycles. The van der Waals surface area contributed by atoms with Crippen molar-refractivity contribution in [3.63, 3.8) is 0 Å². The van der Waals surface area contributed by atoms with Gasteiger partial charge in [0.15, 0.2) is 11.3 Å². The van der Waals surface area contributed by atoms with E-state index >= 15 is 4.39 Å². The number of anilines is 1. The molecule has 0 unspecified atom stereocenters. The molecule has 2 N–H and O–H groups in total. The van der Waals surface area contributed by atoms with E-state index in [0.29, 0.717) is 5.56 Å². The third-order valence-corrected chi connectivity index (χ3v) is 6.51. The summed E-state index contributed by atoms with van der Waals surface area (Å²) < 4.78 is 33.4. The number of nitrogens with one attached hydrogen (secondary N) is 2. The summed E-state index contributed by atoms with van der Waals surface area (Å²) in [5, 5.41) is 2.56. The largest absolute Gasteiger partial charge is 0.459 e. The Hall–Kier alpha value is -4.38. The Balaban J connectivity index is 1.67. The van der Waals surface area contributed by atoms with Gasteiger partial charge in [0.05, 0.1) is 5.56 Å². The van der Waals surface area contributed by atoms with Crippen molar-refractivity contribution in [3.8, 4) is 0 Å². The number of ether oxygens (including phenoxy) is 3. The number of aromatic amines is 1. The molecule has 3 aromatic rings. The van der Waals surface area contributed by atoms with E-state index in [1.165, 1.54) is 6.92 Å². The van der Waals surface area contributed by atoms with E-state index < -0.39 is 53.6 Å². The summed E-state index contributed by atoms with van der Waals surface area (Å²) in [6.45, 7) is 3.16. The van der Waals surface area contributed by atoms with E-state index in [1.54, 1.807) is 60.7 Å². The number of carbonyl (C=O) groups is 3. The average Bonchev–Trinajstić information content (AvgIpc) is 3.08. The standard InChI is InChI=1S/C27H26FN3O7/c1-16(32)38-27(3)20(15-36-24(34)18-12-8-5-9-13-18)37-21(26(27,2)28)19-14-29-25(35)31-22(19)30-23(33)17-10-6-4-7-11-17/h4-14,20-21H,15H2,1-3H3,(H2,29,30,31,33,35)/t20-,21+,26-,27+/m1/s1. The molecule has 4 atom stereocenters. The zero-order valence-electron chi connectivity index (χ0n) is 20.9. The Bertz CT molecular complexity index is 1390. The molecule has 38 heavy (non-hydrogen) atoms. The van der Waals surface area contributed by atoms with Crippen LogP contribution in [0.2, 0.25) is 0 Å². The first-order valence-electron chi connectivity index (χ1n) is 11.7. The third kappa shape index (κ3) is 5.18. The van der Waals surface area contributed by atoms with Gasteiger partial charge in [0.25, 0.3) is 5.91 Å². The molecule has 1 saturated heterocycles. The molecule has 0 aliphatic carbocycles. The minimum Gasteiger partial charge on any atom is -0.459 e. The highest BCUT2D eigenvalue weighted by Gasteiger charge is 2.66. The van der Waals surface area contributed by atoms with Crippen LogP contribution in [-0.2, 0) is 19.0 Å². The number of halogens is 1. The van der Waals surface area contributed by atoms with Gasteiger partial charge in [-0.05, 0) is 38.1 Å². The molecule has 0 spiro atoms. The molecular formula is C27H26FN3O7. The second kappa shape index (κ2) is 10.5. The first kappa shape index (κ1) is 26.7. The molecule has 2 heterocycles. The number of H-pyrrole nitrogens is 1. The minimum atomic E-state index is -2.42. The molecule has 4 rings (SSSR count). The zero-order chi connectivity index (χ0) is 27.5. The van der Waals surface area contributed by atoms with Gasteiger partial charge in [-0.15, -0.1) is 0 Å². The van der Waals surface area contributed by atoms with E-state index in [1.807, 2.05) is 0 Å². The summed E-state index contributed by atoms with van der Waals surface area (Å²) in [6.07, 6.45) is -1.65. The first-order valence-corrected chi connectivity index (χ1v) is 11.7. The maximum atomic E-state index is 16.6. The summed E-state index contributed by atoms with van der Waals surface area (Å²) in [5.41, 5.74) is -4.57. The Morgan fingerprint density at radius 2 is 1.66 bits per heavy atom. The minimum absolute atomic E-state index is 0.00542. The van der Waals surface area contributed by atoms with Crippen LogP contribution < -0.4 is 11.0 Å². The van der Waals surface area contributed by atoms with E-state index in [4.69, 9.17) is 14.2 Å². The van der Waals surface area contributed by atoms with Gasteiger partial charge in [-0.1, -0.05) is 36.4 Å². The van der Waals surface area contributed by atoms with Gasteiger partial charge in [-0.3, -0.25) is 14.6 Å². The van der Waals surface area contributed by atoms with Crippen molar-refractivity contribution in [3.05, 3.63) is 94.0 Å². The fourth-order valence-electron chi connectivity index (χ4n) is 4.32. The molecule has 1 fully saturated rings. The van der Waals surface area contributed by atoms with Crippen molar-refractivity contribution < 1.29 is 33.0 Å². The van der Waals surface area contributed by atoms with Crippen LogP contribution in [0.5, 0.6) is 0 Å². The molecule has 2 aromatic carbocycles. The normalized spacial score (nSPS) is 24.4. The van der Waals surface area contributed by atoms with Gasteiger partial charge in [0.1, 0.15) is 24.6 Å². The smallest absolute Gasteiger partial charge is 0.346 e. The number of nitrogens with zero attached hydrogens (tertiary/aromatic N) is 1. The maximum absolute atomic E-state index is 16.6. The van der Waals surface area contributed by atoms with Gasteiger partial charge in [0.2, 0.25) is 0 Å². The van der Waals surface area contributed by atoms with Crippen LogP contribution in [0.4, 0.5) is 10.2 Å². The summed E-state index contributed by atoms with van der Waals surface area (Å²) in [7, 11) is 0. The highest BCUT2D eigenvalue weighted by atomic mass is 19.1. The number of rotatable bonds is 7. The second-order valence-electron chi connectivity index (χ2n) is 9.08. The quantitative estimate of drug-likeness (QED) is 0.450. The van der Waals surface area contributed by atoms with E-state index in [2.05, 4.69) is 15.3 Å². The molecule has 198 valence electrons. The molecule has 0 bridgehead atoms. The summed E-state index contributed by atoms with van der Waals surface area (Å²) in [6, 6.07) is 16.4. The maximum Gasteiger partial charge on any atom is 0.346 e. The fourth-order valence-corrected chi connectivity index (χ4v) is 4.32. The number of carbonyl (C=O) groups excluding carboxylic acids is 3. The lowest BCUT2D eigenvalue weighted by molar-refractivity contribution is -0.175. The molecule has 1 aliphatic heterocycles. The van der Waals surface area contributed by atoms with E-state index in [-0.39, 0.29) is 16.9 Å². The van der Waals surface area contributed by atoms with E-state index in [9.17, 15) is 19.2 Å². The Morgan fingerprint density at radius 1 is 1.05 bits per heavy atom. The number of alkyl halides is 1. The lowest BCUT2D eigenvalue weighted by Gasteiger charge is -2.37. The van der Waals surface area contributed by atoms with Crippen molar-refractivity contribution >= 4 is 23.7 Å². The number of aromatic nitrogens is 2. The fraction of sp³-hybridized carbons (Fsp3) is 0.296. The molecule has 0 radical (unpaired) electrons. The molecule has 0 saturated carbocycles. The summed E-state index contributed by atoms with van der Waals surface area (Å²) >= 11 is 0. The highest BCUT2D eigenvalue weighted by Crippen LogP contribution is 2.53. The Morgan fingerprint density at radius 3 is 2.26 bits per heavy atom. The van der Waals surface area contributed by atoms with Gasteiger partial charge in [0, 0.05) is 24.2 Å². The SMILES string of the molecule is CC(=O)O[C@@]1(C)[C@@H](COC(=O)c2ccccc2)O[C@@H](c2cnc(=O)[nH]c2NC(=O)c2ccccc2)[C@@]1(C)F. The molecular weight excluding hydrogens is 497 g/mol. The van der Waals surface area contributed by atoms with Crippen molar-refractivity contribution in [2.24, 2.45) is 0 Å². The molecule has 1 amide bonds.